The summed E-state index contributed by atoms with van der Waals surface area (Å²) in [5.74, 6) is -0.175. The molecule has 0 bridgehead atoms. The van der Waals surface area contributed by atoms with E-state index in [1.165, 1.54) is 19.2 Å². The van der Waals surface area contributed by atoms with Crippen LogP contribution in [0.25, 0.3) is 0 Å². The molecule has 7 nitrogen and oxygen atoms in total. The Morgan fingerprint density at radius 3 is 2.67 bits per heavy atom. The Hall–Kier alpha value is -1.64. The molecular formula is C13H18N2O5S. The summed E-state index contributed by atoms with van der Waals surface area (Å²) < 4.78 is 33.4. The van der Waals surface area contributed by atoms with Crippen molar-refractivity contribution in [3.05, 3.63) is 18.2 Å². The van der Waals surface area contributed by atoms with Crippen LogP contribution in [0.5, 0.6) is 5.75 Å². The van der Waals surface area contributed by atoms with Crippen molar-refractivity contribution >= 4 is 21.6 Å². The second-order valence-corrected chi connectivity index (χ2v) is 6.44. The highest BCUT2D eigenvalue weighted by atomic mass is 32.2. The van der Waals surface area contributed by atoms with E-state index in [4.69, 9.17) is 14.6 Å². The smallest absolute Gasteiger partial charge is 0.253 e. The van der Waals surface area contributed by atoms with Crippen LogP contribution < -0.4 is 15.2 Å². The number of carbonyl (C=O) groups is 1. The van der Waals surface area contributed by atoms with E-state index in [-0.39, 0.29) is 22.7 Å². The molecule has 2 unspecified atom stereocenters. The highest BCUT2D eigenvalue weighted by Crippen LogP contribution is 2.27. The van der Waals surface area contributed by atoms with Crippen LogP contribution in [0.2, 0.25) is 0 Å². The molecule has 1 aromatic carbocycles. The van der Waals surface area contributed by atoms with Gasteiger partial charge in [0.05, 0.1) is 13.2 Å². The normalized spacial score (nSPS) is 22.0. The molecule has 2 atom stereocenters. The van der Waals surface area contributed by atoms with E-state index >= 15 is 0 Å². The standard InChI is InChI=1S/C13H18N2O5S/c1-8-3-5-11(20-8)13(16)15-9-4-6-10(19-2)12(7-9)21(14,17)18/h4,6-8,11H,3,5H2,1-2H3,(H,15,16)(H2,14,17,18). The average molecular weight is 314 g/mol. The zero-order valence-electron chi connectivity index (χ0n) is 11.8. The van der Waals surface area contributed by atoms with Gasteiger partial charge in [-0.1, -0.05) is 0 Å². The Kier molecular flexibility index (Phi) is 4.50. The minimum Gasteiger partial charge on any atom is -0.495 e. The zero-order chi connectivity index (χ0) is 15.6. The van der Waals surface area contributed by atoms with Crippen LogP contribution in [0.3, 0.4) is 0 Å². The maximum Gasteiger partial charge on any atom is 0.253 e. The highest BCUT2D eigenvalue weighted by Gasteiger charge is 2.28. The van der Waals surface area contributed by atoms with Gasteiger partial charge in [0.1, 0.15) is 16.7 Å². The number of methoxy groups -OCH3 is 1. The molecule has 0 aromatic heterocycles. The minimum atomic E-state index is -3.94. The van der Waals surface area contributed by atoms with Crippen molar-refractivity contribution in [3.8, 4) is 5.75 Å². The lowest BCUT2D eigenvalue weighted by Crippen LogP contribution is -2.27. The number of nitrogens with two attached hydrogens (primary N) is 1. The molecule has 21 heavy (non-hydrogen) atoms. The first-order valence-corrected chi connectivity index (χ1v) is 8.03. The quantitative estimate of drug-likeness (QED) is 0.856. The van der Waals surface area contributed by atoms with E-state index in [1.54, 1.807) is 6.07 Å². The molecule has 0 saturated carbocycles. The Morgan fingerprint density at radius 1 is 1.43 bits per heavy atom. The van der Waals surface area contributed by atoms with Crippen molar-refractivity contribution in [2.24, 2.45) is 5.14 Å². The first-order chi connectivity index (χ1) is 9.81. The summed E-state index contributed by atoms with van der Waals surface area (Å²) >= 11 is 0. The number of carbonyl (C=O) groups excluding carboxylic acids is 1. The van der Waals surface area contributed by atoms with Crippen LogP contribution in [-0.4, -0.2) is 33.6 Å². The van der Waals surface area contributed by atoms with Gasteiger partial charge >= 0.3 is 0 Å². The van der Waals surface area contributed by atoms with Crippen molar-refractivity contribution in [2.45, 2.75) is 36.9 Å². The third-order valence-electron chi connectivity index (χ3n) is 3.26. The minimum absolute atomic E-state index is 0.0524. The summed E-state index contributed by atoms with van der Waals surface area (Å²) in [6.45, 7) is 1.90. The average Bonchev–Trinajstić information content (AvgIpc) is 2.84. The first-order valence-electron chi connectivity index (χ1n) is 6.48. The van der Waals surface area contributed by atoms with Crippen LogP contribution in [0.15, 0.2) is 23.1 Å². The van der Waals surface area contributed by atoms with Gasteiger partial charge in [0.2, 0.25) is 10.0 Å². The number of nitrogens with one attached hydrogen (secondary N) is 1. The summed E-state index contributed by atoms with van der Waals surface area (Å²) in [7, 11) is -2.60. The number of amides is 1. The fraction of sp³-hybridized carbons (Fsp3) is 0.462. The number of primary sulfonamides is 1. The molecule has 2 rings (SSSR count). The molecule has 1 heterocycles. The summed E-state index contributed by atoms with van der Waals surface area (Å²) in [5.41, 5.74) is 0.327. The summed E-state index contributed by atoms with van der Waals surface area (Å²) in [4.78, 5) is 11.9. The SMILES string of the molecule is COc1ccc(NC(=O)C2CCC(C)O2)cc1S(N)(=O)=O. The van der Waals surface area contributed by atoms with Crippen molar-refractivity contribution in [1.29, 1.82) is 0 Å². The molecule has 3 N–H and O–H groups in total. The second-order valence-electron chi connectivity index (χ2n) is 4.91. The van der Waals surface area contributed by atoms with Crippen molar-refractivity contribution in [1.82, 2.24) is 0 Å². The predicted octanol–water partition coefficient (Wildman–Crippen LogP) is 0.849. The molecule has 1 aromatic rings. The van der Waals surface area contributed by atoms with Crippen LogP contribution >= 0.6 is 0 Å². The van der Waals surface area contributed by atoms with Gasteiger partial charge in [-0.2, -0.15) is 0 Å². The molecule has 0 radical (unpaired) electrons. The number of ether oxygens (including phenoxy) is 2. The van der Waals surface area contributed by atoms with Gasteiger partial charge in [0.25, 0.3) is 5.91 Å². The number of benzene rings is 1. The molecule has 1 aliphatic rings. The van der Waals surface area contributed by atoms with Gasteiger partial charge in [-0.05, 0) is 38.0 Å². The fourth-order valence-corrected chi connectivity index (χ4v) is 2.92. The van der Waals surface area contributed by atoms with E-state index in [0.29, 0.717) is 12.1 Å². The predicted molar refractivity (Wildman–Crippen MR) is 76.6 cm³/mol. The Bertz CT molecular complexity index is 644. The molecular weight excluding hydrogens is 296 g/mol. The highest BCUT2D eigenvalue weighted by molar-refractivity contribution is 7.89. The van der Waals surface area contributed by atoms with Crippen LogP contribution in [0, 0.1) is 0 Å². The van der Waals surface area contributed by atoms with Crippen LogP contribution in [-0.2, 0) is 19.6 Å². The Labute approximate surface area is 123 Å². The van der Waals surface area contributed by atoms with E-state index in [0.717, 1.165) is 6.42 Å². The van der Waals surface area contributed by atoms with Gasteiger partial charge in [-0.3, -0.25) is 4.79 Å². The van der Waals surface area contributed by atoms with Gasteiger partial charge in [-0.15, -0.1) is 0 Å². The van der Waals surface area contributed by atoms with Crippen LogP contribution in [0.1, 0.15) is 19.8 Å². The molecule has 1 aliphatic heterocycles. The molecule has 1 saturated heterocycles. The number of rotatable bonds is 4. The van der Waals surface area contributed by atoms with Crippen molar-refractivity contribution in [3.63, 3.8) is 0 Å². The maximum absolute atomic E-state index is 12.0. The molecule has 1 amide bonds. The lowest BCUT2D eigenvalue weighted by Gasteiger charge is -2.13. The lowest BCUT2D eigenvalue weighted by molar-refractivity contribution is -0.126. The number of hydrogen-bond acceptors (Lipinski definition) is 5. The van der Waals surface area contributed by atoms with E-state index in [1.807, 2.05) is 6.92 Å². The van der Waals surface area contributed by atoms with E-state index in [9.17, 15) is 13.2 Å². The lowest BCUT2D eigenvalue weighted by atomic mass is 10.2. The third-order valence-corrected chi connectivity index (χ3v) is 4.19. The number of anilines is 1. The summed E-state index contributed by atoms with van der Waals surface area (Å²) in [6, 6.07) is 4.25. The number of hydrogen-bond donors (Lipinski definition) is 2. The van der Waals surface area contributed by atoms with Gasteiger partial charge in [0, 0.05) is 5.69 Å². The van der Waals surface area contributed by atoms with Crippen LogP contribution in [0.4, 0.5) is 5.69 Å². The second kappa shape index (κ2) is 6.00. The largest absolute Gasteiger partial charge is 0.495 e. The van der Waals surface area contributed by atoms with E-state index < -0.39 is 16.1 Å². The third kappa shape index (κ3) is 3.72. The van der Waals surface area contributed by atoms with Gasteiger partial charge in [-0.25, -0.2) is 13.6 Å². The maximum atomic E-state index is 12.0. The van der Waals surface area contributed by atoms with Crippen molar-refractivity contribution in [2.75, 3.05) is 12.4 Å². The molecule has 0 spiro atoms. The summed E-state index contributed by atoms with van der Waals surface area (Å²) in [6.07, 6.45) is 1.01. The first kappa shape index (κ1) is 15.7. The summed E-state index contributed by atoms with van der Waals surface area (Å²) in [5, 5.41) is 7.76. The van der Waals surface area contributed by atoms with Gasteiger partial charge in [0.15, 0.2) is 0 Å². The molecule has 1 fully saturated rings. The topological polar surface area (TPSA) is 108 Å². The molecule has 116 valence electrons. The monoisotopic (exact) mass is 314 g/mol. The van der Waals surface area contributed by atoms with Crippen molar-refractivity contribution < 1.29 is 22.7 Å². The zero-order valence-corrected chi connectivity index (χ0v) is 12.6. The molecule has 8 heteroatoms. The fourth-order valence-electron chi connectivity index (χ4n) is 2.20. The van der Waals surface area contributed by atoms with Gasteiger partial charge < -0.3 is 14.8 Å². The number of sulfonamides is 1. The Morgan fingerprint density at radius 2 is 2.14 bits per heavy atom. The Balaban J connectivity index is 2.19. The molecule has 0 aliphatic carbocycles. The van der Waals surface area contributed by atoms with E-state index in [2.05, 4.69) is 5.32 Å².